The molecule has 0 saturated carbocycles. The Hall–Kier alpha value is -1.96. The maximum atomic E-state index is 11.7. The van der Waals surface area contributed by atoms with Gasteiger partial charge in [0.2, 0.25) is 0 Å². The number of sulfonamides is 1. The molecule has 16 heavy (non-hydrogen) atoms. The molecule has 7 nitrogen and oxygen atoms in total. The van der Waals surface area contributed by atoms with Gasteiger partial charge in [-0.2, -0.15) is 0 Å². The van der Waals surface area contributed by atoms with Gasteiger partial charge in [-0.15, -0.1) is 0 Å². The number of hydrogen-bond donors (Lipinski definition) is 3. The van der Waals surface area contributed by atoms with Crippen LogP contribution in [-0.4, -0.2) is 31.0 Å². The molecule has 0 unspecified atom stereocenters. The highest BCUT2D eigenvalue weighted by Crippen LogP contribution is 2.21. The van der Waals surface area contributed by atoms with Gasteiger partial charge in [0.25, 0.3) is 10.0 Å². The van der Waals surface area contributed by atoms with Crippen molar-refractivity contribution in [3.05, 3.63) is 18.2 Å². The van der Waals surface area contributed by atoms with Gasteiger partial charge in [0.05, 0.1) is 16.3 Å². The fourth-order valence-electron chi connectivity index (χ4n) is 0.974. The minimum Gasteiger partial charge on any atom is -0.464 e. The molecule has 0 bridgehead atoms. The third-order valence-corrected chi connectivity index (χ3v) is 3.71. The topological polar surface area (TPSA) is 127 Å². The smallest absolute Gasteiger partial charge is 0.421 e. The lowest BCUT2D eigenvalue weighted by atomic mass is 10.3. The van der Waals surface area contributed by atoms with E-state index in [0.717, 1.165) is 13.1 Å². The lowest BCUT2D eigenvalue weighted by molar-refractivity contribution is 0.178. The summed E-state index contributed by atoms with van der Waals surface area (Å²) in [7, 11) is -3.14. The first-order valence-corrected chi connectivity index (χ1v) is 5.57. The molecule has 0 aromatic heterocycles. The average molecular weight is 245 g/mol. The molecule has 0 fully saturated rings. The van der Waals surface area contributed by atoms with Gasteiger partial charge in [-0.25, -0.2) is 17.5 Å². The van der Waals surface area contributed by atoms with Crippen LogP contribution in [0.25, 0.3) is 0 Å². The van der Waals surface area contributed by atoms with Gasteiger partial charge in [0.15, 0.2) is 0 Å². The summed E-state index contributed by atoms with van der Waals surface area (Å²) >= 11 is 0. The molecule has 0 aliphatic heterocycles. The van der Waals surface area contributed by atoms with E-state index in [1.807, 2.05) is 0 Å². The van der Waals surface area contributed by atoms with Crippen molar-refractivity contribution >= 4 is 27.5 Å². The van der Waals surface area contributed by atoms with E-state index < -0.39 is 16.1 Å². The van der Waals surface area contributed by atoms with Crippen LogP contribution in [0.15, 0.2) is 23.1 Å². The summed E-state index contributed by atoms with van der Waals surface area (Å²) < 4.78 is 23.6. The summed E-state index contributed by atoms with van der Waals surface area (Å²) in [5.41, 5.74) is 11.2. The van der Waals surface area contributed by atoms with E-state index in [-0.39, 0.29) is 20.6 Å². The Labute approximate surface area is 92.3 Å². The van der Waals surface area contributed by atoms with Crippen LogP contribution in [0.1, 0.15) is 0 Å². The second kappa shape index (κ2) is 3.89. The molecule has 8 heteroatoms. The molecule has 88 valence electrons. The standard InChI is InChI=1S/C8H11N3O4S/c1-11(8(12)13)16(14,15)5-2-3-6(9)7(10)4-5/h2-4H,9-10H2,1H3,(H,12,13). The van der Waals surface area contributed by atoms with Crippen LogP contribution in [0.4, 0.5) is 16.2 Å². The summed E-state index contributed by atoms with van der Waals surface area (Å²) in [4.78, 5) is 10.3. The lowest BCUT2D eigenvalue weighted by Gasteiger charge is -2.14. The Bertz CT molecular complexity index is 526. The number of carboxylic acid groups (broad SMARTS) is 1. The molecule has 5 N–H and O–H groups in total. The van der Waals surface area contributed by atoms with Crippen LogP contribution in [0.3, 0.4) is 0 Å². The quantitative estimate of drug-likeness (QED) is 0.636. The minimum atomic E-state index is -4.08. The Morgan fingerprint density at radius 2 is 1.88 bits per heavy atom. The molecule has 0 heterocycles. The normalized spacial score (nSPS) is 11.1. The second-order valence-corrected chi connectivity index (χ2v) is 5.02. The number of anilines is 2. The molecule has 1 rings (SSSR count). The highest BCUT2D eigenvalue weighted by atomic mass is 32.2. The zero-order chi connectivity index (χ0) is 12.5. The third kappa shape index (κ3) is 2.01. The van der Waals surface area contributed by atoms with Gasteiger partial charge in [-0.05, 0) is 18.2 Å². The van der Waals surface area contributed by atoms with Crippen LogP contribution in [0.5, 0.6) is 0 Å². The van der Waals surface area contributed by atoms with E-state index >= 15 is 0 Å². The van der Waals surface area contributed by atoms with Gasteiger partial charge >= 0.3 is 6.09 Å². The Morgan fingerprint density at radius 1 is 1.31 bits per heavy atom. The number of amides is 1. The molecule has 1 aromatic rings. The van der Waals surface area contributed by atoms with Crippen molar-refractivity contribution < 1.29 is 18.3 Å². The van der Waals surface area contributed by atoms with E-state index in [4.69, 9.17) is 16.6 Å². The van der Waals surface area contributed by atoms with E-state index in [0.29, 0.717) is 0 Å². The fraction of sp³-hybridized carbons (Fsp3) is 0.125. The van der Waals surface area contributed by atoms with Gasteiger partial charge in [0.1, 0.15) is 0 Å². The minimum absolute atomic E-state index is 0.0832. The molecule has 0 radical (unpaired) electrons. The molecule has 1 amide bonds. The first kappa shape index (κ1) is 12.1. The van der Waals surface area contributed by atoms with E-state index in [2.05, 4.69) is 0 Å². The molecule has 1 aromatic carbocycles. The van der Waals surface area contributed by atoms with E-state index in [1.54, 1.807) is 0 Å². The fourth-order valence-corrected chi connectivity index (χ4v) is 2.01. The number of hydrogen-bond acceptors (Lipinski definition) is 5. The second-order valence-electron chi connectivity index (χ2n) is 3.05. The van der Waals surface area contributed by atoms with E-state index in [1.165, 1.54) is 12.1 Å². The lowest BCUT2D eigenvalue weighted by Crippen LogP contribution is -2.31. The van der Waals surface area contributed by atoms with Crippen molar-refractivity contribution in [3.8, 4) is 0 Å². The largest absolute Gasteiger partial charge is 0.464 e. The maximum absolute atomic E-state index is 11.7. The number of nitrogen functional groups attached to an aromatic ring is 2. The monoisotopic (exact) mass is 245 g/mol. The van der Waals surface area contributed by atoms with Crippen molar-refractivity contribution in [2.24, 2.45) is 0 Å². The van der Waals surface area contributed by atoms with Crippen LogP contribution < -0.4 is 11.5 Å². The highest BCUT2D eigenvalue weighted by Gasteiger charge is 2.25. The number of nitrogens with zero attached hydrogens (tertiary/aromatic N) is 1. The molecule has 0 spiro atoms. The molecular formula is C8H11N3O4S. The number of carbonyl (C=O) groups is 1. The first-order valence-electron chi connectivity index (χ1n) is 4.13. The Kier molecular flexibility index (Phi) is 2.95. The van der Waals surface area contributed by atoms with Crippen molar-refractivity contribution in [1.29, 1.82) is 0 Å². The average Bonchev–Trinajstić information content (AvgIpc) is 2.20. The van der Waals surface area contributed by atoms with Crippen molar-refractivity contribution in [1.82, 2.24) is 4.31 Å². The van der Waals surface area contributed by atoms with Crippen LogP contribution >= 0.6 is 0 Å². The van der Waals surface area contributed by atoms with Crippen LogP contribution in [-0.2, 0) is 10.0 Å². The SMILES string of the molecule is CN(C(=O)O)S(=O)(=O)c1ccc(N)c(N)c1. The Balaban J connectivity index is 3.28. The molecule has 0 atom stereocenters. The van der Waals surface area contributed by atoms with Crippen LogP contribution in [0.2, 0.25) is 0 Å². The zero-order valence-corrected chi connectivity index (χ0v) is 9.23. The first-order chi connectivity index (χ1) is 7.26. The third-order valence-electron chi connectivity index (χ3n) is 1.99. The summed E-state index contributed by atoms with van der Waals surface area (Å²) in [5, 5.41) is 8.59. The van der Waals surface area contributed by atoms with Gasteiger partial charge in [-0.1, -0.05) is 0 Å². The number of benzene rings is 1. The van der Waals surface area contributed by atoms with Gasteiger partial charge < -0.3 is 16.6 Å². The molecule has 0 saturated heterocycles. The summed E-state index contributed by atoms with van der Waals surface area (Å²) in [6.07, 6.45) is -1.57. The molecular weight excluding hydrogens is 234 g/mol. The Morgan fingerprint density at radius 3 is 2.31 bits per heavy atom. The predicted molar refractivity (Wildman–Crippen MR) is 58.2 cm³/mol. The predicted octanol–water partition coefficient (Wildman–Crippen LogP) is 0.150. The van der Waals surface area contributed by atoms with Gasteiger partial charge in [0, 0.05) is 7.05 Å². The maximum Gasteiger partial charge on any atom is 0.421 e. The zero-order valence-electron chi connectivity index (χ0n) is 8.41. The van der Waals surface area contributed by atoms with Crippen molar-refractivity contribution in [3.63, 3.8) is 0 Å². The summed E-state index contributed by atoms with van der Waals surface area (Å²) in [6, 6.07) is 3.61. The highest BCUT2D eigenvalue weighted by molar-refractivity contribution is 7.89. The van der Waals surface area contributed by atoms with E-state index in [9.17, 15) is 13.2 Å². The number of nitrogens with two attached hydrogens (primary N) is 2. The van der Waals surface area contributed by atoms with Crippen molar-refractivity contribution in [2.75, 3.05) is 18.5 Å². The summed E-state index contributed by atoms with van der Waals surface area (Å²) in [6.45, 7) is 0. The van der Waals surface area contributed by atoms with Gasteiger partial charge in [-0.3, -0.25) is 0 Å². The number of rotatable bonds is 2. The molecule has 0 aliphatic carbocycles. The van der Waals surface area contributed by atoms with Crippen LogP contribution in [0, 0.1) is 0 Å². The molecule has 0 aliphatic rings. The van der Waals surface area contributed by atoms with Crippen molar-refractivity contribution in [2.45, 2.75) is 4.90 Å². The summed E-state index contributed by atoms with van der Waals surface area (Å²) in [5.74, 6) is 0.